The number of carbonyl (C=O) groups is 1. The molecular weight excluding hydrogens is 298 g/mol. The van der Waals surface area contributed by atoms with Crippen molar-refractivity contribution in [3.8, 4) is 6.07 Å². The molecule has 0 aliphatic heterocycles. The van der Waals surface area contributed by atoms with Gasteiger partial charge in [-0.15, -0.1) is 0 Å². The van der Waals surface area contributed by atoms with Crippen LogP contribution in [0.25, 0.3) is 10.4 Å². The van der Waals surface area contributed by atoms with Crippen LogP contribution in [0.3, 0.4) is 0 Å². The Bertz CT molecular complexity index is 595. The number of carbonyl (C=O) groups excluding carboxylic acids is 1. The summed E-state index contributed by atoms with van der Waals surface area (Å²) in [5.41, 5.74) is 6.73. The number of hydroxylamine groups is 1. The van der Waals surface area contributed by atoms with E-state index in [0.717, 1.165) is 0 Å². The van der Waals surface area contributed by atoms with E-state index in [1.807, 2.05) is 6.07 Å². The van der Waals surface area contributed by atoms with Gasteiger partial charge in [0.25, 0.3) is 0 Å². The van der Waals surface area contributed by atoms with Crippen molar-refractivity contribution >= 4 is 11.7 Å². The number of ether oxygens (including phenoxy) is 1. The minimum absolute atomic E-state index is 0.0503. The molecule has 0 unspecified atom stereocenters. The van der Waals surface area contributed by atoms with Crippen LogP contribution in [-0.2, 0) is 9.53 Å². The summed E-state index contributed by atoms with van der Waals surface area (Å²) in [6.45, 7) is 1.99. The van der Waals surface area contributed by atoms with E-state index < -0.39 is 11.5 Å². The molecule has 122 valence electrons. The lowest BCUT2D eigenvalue weighted by Gasteiger charge is -2.33. The minimum Gasteiger partial charge on any atom is -0.463 e. The molecule has 8 heteroatoms. The van der Waals surface area contributed by atoms with E-state index in [9.17, 15) is 15.3 Å². The van der Waals surface area contributed by atoms with Crippen LogP contribution in [0.1, 0.15) is 26.2 Å². The topological polar surface area (TPSA) is 122 Å². The number of nitriles is 1. The Hall–Kier alpha value is -2.75. The summed E-state index contributed by atoms with van der Waals surface area (Å²) >= 11 is 0. The molecule has 0 saturated carbocycles. The van der Waals surface area contributed by atoms with Crippen LogP contribution in [-0.4, -0.2) is 29.9 Å². The van der Waals surface area contributed by atoms with Crippen LogP contribution in [0.5, 0.6) is 0 Å². The van der Waals surface area contributed by atoms with Gasteiger partial charge in [-0.05, 0) is 43.9 Å². The van der Waals surface area contributed by atoms with Crippen molar-refractivity contribution in [3.63, 3.8) is 0 Å². The van der Waals surface area contributed by atoms with E-state index in [1.165, 1.54) is 0 Å². The van der Waals surface area contributed by atoms with E-state index in [2.05, 4.69) is 10.0 Å². The van der Waals surface area contributed by atoms with Gasteiger partial charge in [-0.2, -0.15) is 5.26 Å². The zero-order valence-corrected chi connectivity index (χ0v) is 12.9. The largest absolute Gasteiger partial charge is 0.463 e. The SMILES string of the molecule is CCOC(=O)[C@@](C#N)(CCCCN=[N+]=[N-])N(O)c1ccccc1. The highest BCUT2D eigenvalue weighted by molar-refractivity contribution is 5.88. The Morgan fingerprint density at radius 3 is 2.74 bits per heavy atom. The first-order valence-electron chi connectivity index (χ1n) is 7.26. The second kappa shape index (κ2) is 9.30. The molecule has 1 aromatic rings. The number of hydrogen-bond donors (Lipinski definition) is 1. The first kappa shape index (κ1) is 18.3. The Morgan fingerprint density at radius 2 is 2.17 bits per heavy atom. The van der Waals surface area contributed by atoms with Gasteiger partial charge in [0.15, 0.2) is 0 Å². The van der Waals surface area contributed by atoms with Gasteiger partial charge in [0.05, 0.1) is 12.3 Å². The molecule has 0 saturated heterocycles. The summed E-state index contributed by atoms with van der Waals surface area (Å²) in [6.07, 6.45) is 0.958. The lowest BCUT2D eigenvalue weighted by molar-refractivity contribution is -0.150. The van der Waals surface area contributed by atoms with Gasteiger partial charge < -0.3 is 4.74 Å². The lowest BCUT2D eigenvalue weighted by Crippen LogP contribution is -2.53. The molecule has 0 amide bonds. The van der Waals surface area contributed by atoms with Crippen molar-refractivity contribution in [1.29, 1.82) is 5.26 Å². The standard InChI is InChI=1S/C15H19N5O3/c1-2-23-14(21)15(12-16,10-6-7-11-18-19-17)20(22)13-8-4-3-5-9-13/h3-5,8-9,22H,2,6-7,10-11H2,1H3/t15-/m0/s1. The molecule has 0 bridgehead atoms. The molecule has 1 rings (SSSR count). The molecule has 0 spiro atoms. The normalized spacial score (nSPS) is 12.4. The van der Waals surface area contributed by atoms with E-state index in [1.54, 1.807) is 37.3 Å². The summed E-state index contributed by atoms with van der Waals surface area (Å²) < 4.78 is 4.97. The van der Waals surface area contributed by atoms with Crippen molar-refractivity contribution in [2.75, 3.05) is 18.2 Å². The summed E-state index contributed by atoms with van der Waals surface area (Å²) in [7, 11) is 0. The van der Waals surface area contributed by atoms with Crippen LogP contribution in [0.4, 0.5) is 5.69 Å². The molecule has 23 heavy (non-hydrogen) atoms. The molecule has 0 aliphatic rings. The molecule has 0 fully saturated rings. The fourth-order valence-corrected chi connectivity index (χ4v) is 2.09. The summed E-state index contributed by atoms with van der Waals surface area (Å²) in [4.78, 5) is 14.9. The second-order valence-electron chi connectivity index (χ2n) is 4.75. The van der Waals surface area contributed by atoms with Crippen LogP contribution < -0.4 is 5.06 Å². The third-order valence-corrected chi connectivity index (χ3v) is 3.27. The van der Waals surface area contributed by atoms with Crippen LogP contribution in [0, 0.1) is 11.3 Å². The van der Waals surface area contributed by atoms with Gasteiger partial charge in [-0.25, -0.2) is 9.86 Å². The highest BCUT2D eigenvalue weighted by Crippen LogP contribution is 2.28. The first-order chi connectivity index (χ1) is 11.1. The molecule has 1 aromatic carbocycles. The number of azide groups is 1. The third-order valence-electron chi connectivity index (χ3n) is 3.27. The Kier molecular flexibility index (Phi) is 7.40. The summed E-state index contributed by atoms with van der Waals surface area (Å²) in [6, 6.07) is 10.2. The maximum Gasteiger partial charge on any atom is 0.349 e. The fourth-order valence-electron chi connectivity index (χ4n) is 2.09. The van der Waals surface area contributed by atoms with Gasteiger partial charge in [0.1, 0.15) is 6.07 Å². The predicted molar refractivity (Wildman–Crippen MR) is 83.5 cm³/mol. The van der Waals surface area contributed by atoms with Gasteiger partial charge in [0, 0.05) is 11.5 Å². The number of unbranched alkanes of at least 4 members (excludes halogenated alkanes) is 1. The van der Waals surface area contributed by atoms with Gasteiger partial charge in [-0.1, -0.05) is 23.3 Å². The van der Waals surface area contributed by atoms with E-state index in [0.29, 0.717) is 23.6 Å². The average molecular weight is 317 g/mol. The van der Waals surface area contributed by atoms with Crippen LogP contribution in [0.15, 0.2) is 35.4 Å². The maximum absolute atomic E-state index is 12.3. The molecule has 0 radical (unpaired) electrons. The number of nitrogens with zero attached hydrogens (tertiary/aromatic N) is 5. The lowest BCUT2D eigenvalue weighted by atomic mass is 9.93. The van der Waals surface area contributed by atoms with E-state index in [4.69, 9.17) is 10.3 Å². The Balaban J connectivity index is 3.01. The zero-order chi connectivity index (χ0) is 17.1. The van der Waals surface area contributed by atoms with Crippen molar-refractivity contribution in [2.45, 2.75) is 31.7 Å². The molecule has 0 aliphatic carbocycles. The smallest absolute Gasteiger partial charge is 0.349 e. The third kappa shape index (κ3) is 4.61. The monoisotopic (exact) mass is 317 g/mol. The van der Waals surface area contributed by atoms with E-state index >= 15 is 0 Å². The molecule has 0 heterocycles. The van der Waals surface area contributed by atoms with Crippen LogP contribution >= 0.6 is 0 Å². The highest BCUT2D eigenvalue weighted by atomic mass is 16.6. The molecule has 8 nitrogen and oxygen atoms in total. The van der Waals surface area contributed by atoms with Gasteiger partial charge in [0.2, 0.25) is 5.54 Å². The van der Waals surface area contributed by atoms with Crippen molar-refractivity contribution in [1.82, 2.24) is 0 Å². The van der Waals surface area contributed by atoms with E-state index in [-0.39, 0.29) is 19.6 Å². The summed E-state index contributed by atoms with van der Waals surface area (Å²) in [5, 5.41) is 24.1. The quantitative estimate of drug-likeness (QED) is 0.187. The number of rotatable bonds is 9. The van der Waals surface area contributed by atoms with Crippen molar-refractivity contribution in [3.05, 3.63) is 40.8 Å². The molecule has 1 atom stereocenters. The van der Waals surface area contributed by atoms with Crippen molar-refractivity contribution in [2.24, 2.45) is 5.11 Å². The average Bonchev–Trinajstić information content (AvgIpc) is 2.59. The molecule has 0 aromatic heterocycles. The Morgan fingerprint density at radius 1 is 1.48 bits per heavy atom. The molecule has 1 N–H and O–H groups in total. The second-order valence-corrected chi connectivity index (χ2v) is 4.75. The number of para-hydroxylation sites is 1. The van der Waals surface area contributed by atoms with Crippen LogP contribution in [0.2, 0.25) is 0 Å². The first-order valence-corrected chi connectivity index (χ1v) is 7.26. The number of benzene rings is 1. The zero-order valence-electron chi connectivity index (χ0n) is 12.9. The van der Waals surface area contributed by atoms with Gasteiger partial charge in [-0.3, -0.25) is 5.21 Å². The number of esters is 1. The number of hydrogen-bond acceptors (Lipinski definition) is 6. The van der Waals surface area contributed by atoms with Gasteiger partial charge >= 0.3 is 5.97 Å². The molecular formula is C15H19N5O3. The summed E-state index contributed by atoms with van der Waals surface area (Å²) in [5.74, 6) is -0.808. The Labute approximate surface area is 134 Å². The predicted octanol–water partition coefficient (Wildman–Crippen LogP) is 3.19. The van der Waals surface area contributed by atoms with Crippen molar-refractivity contribution < 1.29 is 14.7 Å². The highest BCUT2D eigenvalue weighted by Gasteiger charge is 2.46. The number of anilines is 1. The fraction of sp³-hybridized carbons (Fsp3) is 0.467. The maximum atomic E-state index is 12.3. The minimum atomic E-state index is -1.84.